The molecule has 258 valence electrons. The largest absolute Gasteiger partial charge is 0.442 e. The number of hydrogen-bond acceptors (Lipinski definition) is 12. The van der Waals surface area contributed by atoms with Crippen molar-refractivity contribution in [2.45, 2.75) is 77.0 Å². The molecule has 5 N–H and O–H groups in total. The molecule has 2 aliphatic carbocycles. The van der Waals surface area contributed by atoms with Crippen LogP contribution >= 0.6 is 0 Å². The third-order valence-corrected chi connectivity index (χ3v) is 7.65. The van der Waals surface area contributed by atoms with Crippen LogP contribution in [0, 0.1) is 5.92 Å². The summed E-state index contributed by atoms with van der Waals surface area (Å²) in [5.41, 5.74) is 6.08. The van der Waals surface area contributed by atoms with E-state index in [4.69, 9.17) is 19.1 Å². The Hall–Kier alpha value is -4.60. The van der Waals surface area contributed by atoms with E-state index >= 15 is 0 Å². The molecule has 15 heteroatoms. The minimum atomic E-state index is -0.675. The molecule has 2 saturated carbocycles. The van der Waals surface area contributed by atoms with Crippen molar-refractivity contribution in [1.82, 2.24) is 31.2 Å². The van der Waals surface area contributed by atoms with Gasteiger partial charge in [0.05, 0.1) is 43.2 Å². The van der Waals surface area contributed by atoms with E-state index in [1.165, 1.54) is 0 Å². The Balaban J connectivity index is 0.999. The van der Waals surface area contributed by atoms with Crippen LogP contribution in [0.3, 0.4) is 0 Å². The second-order valence-electron chi connectivity index (χ2n) is 12.8. The van der Waals surface area contributed by atoms with Gasteiger partial charge < -0.3 is 25.4 Å². The van der Waals surface area contributed by atoms with Gasteiger partial charge >= 0.3 is 6.09 Å². The Morgan fingerprint density at radius 1 is 0.854 bits per heavy atom. The van der Waals surface area contributed by atoms with Crippen molar-refractivity contribution < 1.29 is 33.5 Å². The highest BCUT2D eigenvalue weighted by molar-refractivity contribution is 6.00. The topological polar surface area (TPSA) is 187 Å². The lowest BCUT2D eigenvalue weighted by Gasteiger charge is -2.28. The van der Waals surface area contributed by atoms with Crippen molar-refractivity contribution in [3.8, 4) is 0 Å². The second kappa shape index (κ2) is 16.5. The number of carbonyl (C=O) groups excluding carboxylic acids is 3. The Kier molecular flexibility index (Phi) is 11.9. The molecule has 5 rings (SSSR count). The summed E-state index contributed by atoms with van der Waals surface area (Å²) in [7, 11) is 0. The fourth-order valence-electron chi connectivity index (χ4n) is 5.12. The van der Waals surface area contributed by atoms with Gasteiger partial charge in [-0.15, -0.1) is 0 Å². The molecule has 2 aliphatic rings. The normalized spacial score (nSPS) is 17.7. The van der Waals surface area contributed by atoms with E-state index in [2.05, 4.69) is 41.9 Å². The van der Waals surface area contributed by atoms with Gasteiger partial charge in [0.2, 0.25) is 5.91 Å². The zero-order chi connectivity index (χ0) is 33.9. The summed E-state index contributed by atoms with van der Waals surface area (Å²) in [5.74, 6) is 0.635. The van der Waals surface area contributed by atoms with Crippen LogP contribution in [-0.2, 0) is 23.9 Å². The van der Waals surface area contributed by atoms with Gasteiger partial charge in [0.15, 0.2) is 0 Å². The molecular formula is C33H44N8O7. The molecule has 3 amide bonds. The first kappa shape index (κ1) is 34.7. The van der Waals surface area contributed by atoms with Crippen LogP contribution in [0.15, 0.2) is 42.9 Å². The van der Waals surface area contributed by atoms with E-state index in [-0.39, 0.29) is 50.2 Å². The van der Waals surface area contributed by atoms with E-state index in [9.17, 15) is 14.4 Å². The number of rotatable bonds is 15. The van der Waals surface area contributed by atoms with E-state index < -0.39 is 11.7 Å². The van der Waals surface area contributed by atoms with Crippen molar-refractivity contribution in [2.24, 2.45) is 5.92 Å². The molecule has 0 aliphatic heterocycles. The Morgan fingerprint density at radius 2 is 1.58 bits per heavy atom. The number of ether oxygens (including phenoxy) is 2. The monoisotopic (exact) mass is 664 g/mol. The molecule has 0 spiro atoms. The predicted molar refractivity (Wildman–Crippen MR) is 177 cm³/mol. The predicted octanol–water partition coefficient (Wildman–Crippen LogP) is 4.15. The maximum absolute atomic E-state index is 13.4. The summed E-state index contributed by atoms with van der Waals surface area (Å²) in [6.45, 7) is 6.01. The fourth-order valence-corrected chi connectivity index (χ4v) is 5.12. The highest BCUT2D eigenvalue weighted by atomic mass is 16.7. The second-order valence-corrected chi connectivity index (χ2v) is 12.8. The first-order valence-corrected chi connectivity index (χ1v) is 16.3. The zero-order valence-corrected chi connectivity index (χ0v) is 27.5. The van der Waals surface area contributed by atoms with Gasteiger partial charge in [0.25, 0.3) is 5.91 Å². The summed E-state index contributed by atoms with van der Waals surface area (Å²) in [5, 5.41) is 10.8. The van der Waals surface area contributed by atoms with E-state index in [1.54, 1.807) is 39.4 Å². The summed E-state index contributed by atoms with van der Waals surface area (Å²) in [6, 6.07) is 7.79. The molecule has 0 radical (unpaired) electrons. The SMILES string of the molecule is CC(C)(C)OC(=O)NOCCOCCONC(=O)[C@H]1CC[C@H](NC(=O)c2cnc(Nc3ccc4cnccc4n3)cc2NC2CC2)CC1. The number of hydrogen-bond donors (Lipinski definition) is 5. The maximum Gasteiger partial charge on any atom is 0.431 e. The molecule has 2 fully saturated rings. The molecule has 0 bridgehead atoms. The van der Waals surface area contributed by atoms with Gasteiger partial charge in [-0.3, -0.25) is 24.2 Å². The van der Waals surface area contributed by atoms with Crippen molar-refractivity contribution in [2.75, 3.05) is 37.1 Å². The maximum atomic E-state index is 13.4. The van der Waals surface area contributed by atoms with Crippen LogP contribution in [0.25, 0.3) is 10.9 Å². The van der Waals surface area contributed by atoms with Gasteiger partial charge in [-0.05, 0) is 77.5 Å². The molecule has 0 unspecified atom stereocenters. The Labute approximate surface area is 279 Å². The quantitative estimate of drug-likeness (QED) is 0.116. The highest BCUT2D eigenvalue weighted by Crippen LogP contribution is 2.30. The molecule has 15 nitrogen and oxygen atoms in total. The van der Waals surface area contributed by atoms with Crippen LogP contribution in [0.2, 0.25) is 0 Å². The Morgan fingerprint density at radius 3 is 2.31 bits per heavy atom. The number of amides is 3. The van der Waals surface area contributed by atoms with Crippen LogP contribution in [-0.4, -0.2) is 77.0 Å². The minimum Gasteiger partial charge on any atom is -0.442 e. The number of nitrogens with one attached hydrogen (secondary N) is 5. The zero-order valence-electron chi connectivity index (χ0n) is 27.5. The lowest BCUT2D eigenvalue weighted by molar-refractivity contribution is -0.140. The number of anilines is 3. The molecule has 0 aromatic carbocycles. The summed E-state index contributed by atoms with van der Waals surface area (Å²) < 4.78 is 10.4. The van der Waals surface area contributed by atoms with Gasteiger partial charge in [-0.2, -0.15) is 5.48 Å². The van der Waals surface area contributed by atoms with Crippen LogP contribution in [0.4, 0.5) is 22.1 Å². The molecular weight excluding hydrogens is 620 g/mol. The van der Waals surface area contributed by atoms with Crippen LogP contribution < -0.4 is 26.9 Å². The first-order valence-electron chi connectivity index (χ1n) is 16.3. The van der Waals surface area contributed by atoms with E-state index in [1.807, 2.05) is 24.3 Å². The fraction of sp³-hybridized carbons (Fsp3) is 0.515. The molecule has 48 heavy (non-hydrogen) atoms. The standard InChI is InChI=1S/C33H44N8O7/c1-33(2,3)48-32(44)41-47-17-15-45-14-16-46-40-30(42)21-4-7-24(8-5-21)37-31(43)25-20-35-29(18-27(25)36-23-9-10-23)39-28-11-6-22-19-34-13-12-26(22)38-28/h6,11-13,18-21,23-24H,4-5,7-10,14-17H2,1-3H3,(H,37,43)(H,40,42)(H,41,44)(H2,35,36,38,39)/t21-,24-. The highest BCUT2D eigenvalue weighted by Gasteiger charge is 2.29. The van der Waals surface area contributed by atoms with Gasteiger partial charge in [-0.1, -0.05) is 0 Å². The molecule has 0 saturated heterocycles. The Bertz CT molecular complexity index is 1550. The number of nitrogens with zero attached hydrogens (tertiary/aromatic N) is 3. The van der Waals surface area contributed by atoms with Gasteiger partial charge in [0, 0.05) is 48.0 Å². The third kappa shape index (κ3) is 11.0. The molecule has 0 atom stereocenters. The van der Waals surface area contributed by atoms with Crippen molar-refractivity contribution >= 4 is 46.1 Å². The third-order valence-electron chi connectivity index (χ3n) is 7.65. The lowest BCUT2D eigenvalue weighted by Crippen LogP contribution is -2.41. The average Bonchev–Trinajstić information content (AvgIpc) is 3.87. The lowest BCUT2D eigenvalue weighted by atomic mass is 9.85. The number of hydroxylamine groups is 2. The van der Waals surface area contributed by atoms with Gasteiger partial charge in [0.1, 0.15) is 17.2 Å². The number of aromatic nitrogens is 3. The van der Waals surface area contributed by atoms with Crippen molar-refractivity contribution in [1.29, 1.82) is 0 Å². The van der Waals surface area contributed by atoms with Crippen LogP contribution in [0.5, 0.6) is 0 Å². The number of carbonyl (C=O) groups is 3. The van der Waals surface area contributed by atoms with Gasteiger partial charge in [-0.25, -0.2) is 20.2 Å². The summed E-state index contributed by atoms with van der Waals surface area (Å²) in [6.07, 6.45) is 9.09. The first-order chi connectivity index (χ1) is 23.1. The van der Waals surface area contributed by atoms with Crippen molar-refractivity contribution in [3.05, 3.63) is 48.4 Å². The molecule has 3 aromatic rings. The molecule has 3 heterocycles. The van der Waals surface area contributed by atoms with E-state index in [0.717, 1.165) is 29.4 Å². The smallest absolute Gasteiger partial charge is 0.431 e. The summed E-state index contributed by atoms with van der Waals surface area (Å²) in [4.78, 5) is 61.0. The number of pyridine rings is 3. The number of fused-ring (bicyclic) bond motifs is 1. The summed E-state index contributed by atoms with van der Waals surface area (Å²) >= 11 is 0. The molecule has 3 aromatic heterocycles. The van der Waals surface area contributed by atoms with Crippen LogP contribution in [0.1, 0.15) is 69.7 Å². The van der Waals surface area contributed by atoms with E-state index in [0.29, 0.717) is 48.9 Å². The van der Waals surface area contributed by atoms with Crippen molar-refractivity contribution in [3.63, 3.8) is 0 Å². The minimum absolute atomic E-state index is 0.0502. The average molecular weight is 665 g/mol.